The highest BCUT2D eigenvalue weighted by molar-refractivity contribution is 6.19. The Morgan fingerprint density at radius 2 is 1.73 bits per heavy atom. The van der Waals surface area contributed by atoms with Crippen LogP contribution >= 0.6 is 0 Å². The van der Waals surface area contributed by atoms with E-state index in [0.29, 0.717) is 48.6 Å². The van der Waals surface area contributed by atoms with E-state index < -0.39 is 11.8 Å². The van der Waals surface area contributed by atoms with Crippen LogP contribution in [0.15, 0.2) is 77.5 Å². The van der Waals surface area contributed by atoms with Crippen LogP contribution in [-0.2, 0) is 14.3 Å². The monoisotopic (exact) mass is 538 g/mol. The SMILES string of the molecule is CCCCOc1ccc(-c2nn(-c3ccccc3)cc2/C=C2/C(=O)N(CCCOCC)C(=O)C(C#N)=C2C)cc1. The van der Waals surface area contributed by atoms with Crippen molar-refractivity contribution in [3.63, 3.8) is 0 Å². The molecule has 40 heavy (non-hydrogen) atoms. The van der Waals surface area contributed by atoms with Crippen LogP contribution in [0.1, 0.15) is 45.6 Å². The Bertz CT molecular complexity index is 1450. The van der Waals surface area contributed by atoms with E-state index in [1.807, 2.05) is 73.8 Å². The molecule has 0 unspecified atom stereocenters. The number of hydrogen-bond donors (Lipinski definition) is 0. The van der Waals surface area contributed by atoms with Gasteiger partial charge in [0, 0.05) is 42.7 Å². The Balaban J connectivity index is 1.76. The van der Waals surface area contributed by atoms with Crippen molar-refractivity contribution in [3.05, 3.63) is 83.1 Å². The number of unbranched alkanes of at least 4 members (excludes halogenated alkanes) is 1. The first-order chi connectivity index (χ1) is 19.5. The van der Waals surface area contributed by atoms with Crippen LogP contribution in [0.25, 0.3) is 23.0 Å². The van der Waals surface area contributed by atoms with Crippen LogP contribution in [0.5, 0.6) is 5.75 Å². The molecule has 4 rings (SSSR count). The molecule has 0 saturated carbocycles. The van der Waals surface area contributed by atoms with Crippen molar-refractivity contribution in [2.24, 2.45) is 0 Å². The van der Waals surface area contributed by atoms with Crippen molar-refractivity contribution in [1.82, 2.24) is 14.7 Å². The second kappa shape index (κ2) is 13.5. The molecule has 1 aliphatic heterocycles. The van der Waals surface area contributed by atoms with E-state index in [-0.39, 0.29) is 12.1 Å². The Hall–Kier alpha value is -4.48. The van der Waals surface area contributed by atoms with Gasteiger partial charge in [0.05, 0.1) is 18.0 Å². The number of para-hydroxylation sites is 1. The van der Waals surface area contributed by atoms with E-state index in [2.05, 4.69) is 6.92 Å². The smallest absolute Gasteiger partial charge is 0.271 e. The first kappa shape index (κ1) is 28.5. The van der Waals surface area contributed by atoms with Crippen molar-refractivity contribution < 1.29 is 19.1 Å². The van der Waals surface area contributed by atoms with Crippen molar-refractivity contribution >= 4 is 17.9 Å². The highest BCUT2D eigenvalue weighted by Crippen LogP contribution is 2.32. The summed E-state index contributed by atoms with van der Waals surface area (Å²) in [5, 5.41) is 14.6. The van der Waals surface area contributed by atoms with E-state index >= 15 is 0 Å². The van der Waals surface area contributed by atoms with Crippen LogP contribution in [0.2, 0.25) is 0 Å². The highest BCUT2D eigenvalue weighted by Gasteiger charge is 2.35. The fourth-order valence-electron chi connectivity index (χ4n) is 4.43. The number of nitriles is 1. The highest BCUT2D eigenvalue weighted by atomic mass is 16.5. The number of carbonyl (C=O) groups is 2. The third-order valence-electron chi connectivity index (χ3n) is 6.66. The first-order valence-corrected chi connectivity index (χ1v) is 13.6. The number of nitrogens with zero attached hydrogens (tertiary/aromatic N) is 4. The number of hydrogen-bond acceptors (Lipinski definition) is 6. The number of aromatic nitrogens is 2. The van der Waals surface area contributed by atoms with Gasteiger partial charge < -0.3 is 9.47 Å². The van der Waals surface area contributed by atoms with Gasteiger partial charge in [-0.1, -0.05) is 31.5 Å². The number of rotatable bonds is 12. The average molecular weight is 539 g/mol. The van der Waals surface area contributed by atoms with Gasteiger partial charge in [0.2, 0.25) is 0 Å². The van der Waals surface area contributed by atoms with Crippen molar-refractivity contribution in [2.75, 3.05) is 26.4 Å². The predicted molar refractivity (Wildman–Crippen MR) is 154 cm³/mol. The van der Waals surface area contributed by atoms with E-state index in [1.165, 1.54) is 0 Å². The second-order valence-electron chi connectivity index (χ2n) is 9.42. The fraction of sp³-hybridized carbons (Fsp3) is 0.312. The van der Waals surface area contributed by atoms with Gasteiger partial charge in [0.15, 0.2) is 0 Å². The molecule has 206 valence electrons. The number of amides is 2. The van der Waals surface area contributed by atoms with Gasteiger partial charge >= 0.3 is 0 Å². The van der Waals surface area contributed by atoms with Crippen LogP contribution in [0, 0.1) is 11.3 Å². The zero-order valence-electron chi connectivity index (χ0n) is 23.2. The molecule has 0 bridgehead atoms. The number of imide groups is 1. The van der Waals surface area contributed by atoms with Gasteiger partial charge in [-0.15, -0.1) is 0 Å². The molecule has 8 nitrogen and oxygen atoms in total. The maximum absolute atomic E-state index is 13.6. The summed E-state index contributed by atoms with van der Waals surface area (Å²) in [5.74, 6) is -0.228. The molecule has 0 spiro atoms. The number of ether oxygens (including phenoxy) is 2. The molecule has 2 aromatic carbocycles. The average Bonchev–Trinajstić information content (AvgIpc) is 3.40. The Morgan fingerprint density at radius 3 is 2.40 bits per heavy atom. The molecule has 2 heterocycles. The third-order valence-corrected chi connectivity index (χ3v) is 6.66. The molecule has 0 radical (unpaired) electrons. The quantitative estimate of drug-likeness (QED) is 0.166. The van der Waals surface area contributed by atoms with Crippen molar-refractivity contribution in [1.29, 1.82) is 5.26 Å². The molecular formula is C32H34N4O4. The van der Waals surface area contributed by atoms with E-state index in [9.17, 15) is 14.9 Å². The summed E-state index contributed by atoms with van der Waals surface area (Å²) in [6, 6.07) is 19.4. The largest absolute Gasteiger partial charge is 0.494 e. The van der Waals surface area contributed by atoms with E-state index in [0.717, 1.165) is 34.7 Å². The predicted octanol–water partition coefficient (Wildman–Crippen LogP) is 5.74. The van der Waals surface area contributed by atoms with Crippen molar-refractivity contribution in [2.45, 2.75) is 40.0 Å². The standard InChI is InChI=1S/C32H34N4O4/c1-4-6-19-40-27-15-13-24(14-16-27)30-25(22-36(34-30)26-11-8-7-9-12-26)20-28-23(3)29(21-33)32(38)35(31(28)37)17-10-18-39-5-2/h7-9,11-16,20,22H,4-6,10,17-19H2,1-3H3/b28-20+. The summed E-state index contributed by atoms with van der Waals surface area (Å²) in [6.45, 7) is 7.45. The van der Waals surface area contributed by atoms with Gasteiger partial charge in [0.1, 0.15) is 17.4 Å². The summed E-state index contributed by atoms with van der Waals surface area (Å²) >= 11 is 0. The Kier molecular flexibility index (Phi) is 9.66. The molecule has 8 heteroatoms. The van der Waals surface area contributed by atoms with Crippen LogP contribution in [-0.4, -0.2) is 52.9 Å². The normalized spacial score (nSPS) is 14.7. The van der Waals surface area contributed by atoms with Crippen molar-refractivity contribution in [3.8, 4) is 28.8 Å². The lowest BCUT2D eigenvalue weighted by molar-refractivity contribution is -0.140. The Morgan fingerprint density at radius 1 is 0.975 bits per heavy atom. The summed E-state index contributed by atoms with van der Waals surface area (Å²) in [7, 11) is 0. The lowest BCUT2D eigenvalue weighted by Gasteiger charge is -2.27. The minimum absolute atomic E-state index is 0.0344. The van der Waals surface area contributed by atoms with Crippen LogP contribution in [0.4, 0.5) is 0 Å². The maximum atomic E-state index is 13.6. The molecule has 0 aliphatic carbocycles. The van der Waals surface area contributed by atoms with Gasteiger partial charge in [-0.2, -0.15) is 10.4 Å². The van der Waals surface area contributed by atoms with Gasteiger partial charge in [-0.05, 0) is 74.7 Å². The molecule has 0 saturated heterocycles. The van der Waals surface area contributed by atoms with E-state index in [1.54, 1.807) is 17.7 Å². The lowest BCUT2D eigenvalue weighted by Crippen LogP contribution is -2.43. The van der Waals surface area contributed by atoms with Gasteiger partial charge in [-0.3, -0.25) is 14.5 Å². The summed E-state index contributed by atoms with van der Waals surface area (Å²) in [5.41, 5.74) is 3.67. The maximum Gasteiger partial charge on any atom is 0.271 e. The Labute approximate surface area is 235 Å². The third kappa shape index (κ3) is 6.38. The van der Waals surface area contributed by atoms with Crippen LogP contribution in [0.3, 0.4) is 0 Å². The van der Waals surface area contributed by atoms with Gasteiger partial charge in [-0.25, -0.2) is 4.68 Å². The lowest BCUT2D eigenvalue weighted by atomic mass is 9.93. The molecule has 1 aliphatic rings. The molecule has 1 aromatic heterocycles. The topological polar surface area (TPSA) is 97.4 Å². The molecule has 0 atom stereocenters. The molecule has 0 N–H and O–H groups in total. The molecule has 2 amide bonds. The minimum atomic E-state index is -0.572. The fourth-order valence-corrected chi connectivity index (χ4v) is 4.43. The molecule has 0 fully saturated rings. The molecule has 3 aromatic rings. The summed E-state index contributed by atoms with van der Waals surface area (Å²) in [6.07, 6.45) is 6.11. The minimum Gasteiger partial charge on any atom is -0.494 e. The summed E-state index contributed by atoms with van der Waals surface area (Å²) < 4.78 is 13.0. The van der Waals surface area contributed by atoms with Crippen LogP contribution < -0.4 is 4.74 Å². The first-order valence-electron chi connectivity index (χ1n) is 13.6. The van der Waals surface area contributed by atoms with E-state index in [4.69, 9.17) is 14.6 Å². The zero-order valence-corrected chi connectivity index (χ0v) is 23.2. The number of benzene rings is 2. The number of carbonyl (C=O) groups excluding carboxylic acids is 2. The molecular weight excluding hydrogens is 504 g/mol. The zero-order chi connectivity index (χ0) is 28.5. The summed E-state index contributed by atoms with van der Waals surface area (Å²) in [4.78, 5) is 27.7. The second-order valence-corrected chi connectivity index (χ2v) is 9.42. The van der Waals surface area contributed by atoms with Gasteiger partial charge in [0.25, 0.3) is 11.8 Å².